The van der Waals surface area contributed by atoms with Crippen LogP contribution in [0, 0.1) is 0 Å². The molecule has 1 atom stereocenters. The fraction of sp³-hybridized carbons (Fsp3) is 0.133. The van der Waals surface area contributed by atoms with Crippen LogP contribution in [0.4, 0.5) is 5.69 Å². The van der Waals surface area contributed by atoms with Crippen molar-refractivity contribution < 1.29 is 15.0 Å². The quantitative estimate of drug-likeness (QED) is 0.798. The average molecular weight is 292 g/mol. The van der Waals surface area contributed by atoms with Gasteiger partial charge in [0.05, 0.1) is 10.6 Å². The van der Waals surface area contributed by atoms with Gasteiger partial charge in [-0.25, -0.2) is 4.79 Å². The first kappa shape index (κ1) is 14.2. The van der Waals surface area contributed by atoms with Crippen LogP contribution in [0.3, 0.4) is 0 Å². The van der Waals surface area contributed by atoms with Crippen LogP contribution >= 0.6 is 11.6 Å². The number of nitrogens with one attached hydrogen (secondary N) is 1. The lowest BCUT2D eigenvalue weighted by Crippen LogP contribution is -2.07. The highest BCUT2D eigenvalue weighted by molar-refractivity contribution is 6.33. The molecule has 3 N–H and O–H groups in total. The zero-order valence-electron chi connectivity index (χ0n) is 10.8. The fourth-order valence-electron chi connectivity index (χ4n) is 1.88. The molecule has 0 aliphatic carbocycles. The van der Waals surface area contributed by atoms with E-state index in [1.54, 1.807) is 36.4 Å². The molecule has 1 unspecified atom stereocenters. The number of rotatable bonds is 4. The van der Waals surface area contributed by atoms with E-state index in [2.05, 4.69) is 5.32 Å². The van der Waals surface area contributed by atoms with E-state index in [1.165, 1.54) is 6.07 Å². The Balaban J connectivity index is 2.19. The topological polar surface area (TPSA) is 69.6 Å². The molecule has 0 heterocycles. The number of aromatic hydroxyl groups is 1. The SMILES string of the molecule is CC(Nc1ccc(Cl)c(C(=O)O)c1)c1ccc(O)cc1. The van der Waals surface area contributed by atoms with E-state index in [9.17, 15) is 9.90 Å². The summed E-state index contributed by atoms with van der Waals surface area (Å²) in [7, 11) is 0. The minimum atomic E-state index is -1.06. The van der Waals surface area contributed by atoms with Gasteiger partial charge in [-0.05, 0) is 42.8 Å². The van der Waals surface area contributed by atoms with Crippen LogP contribution in [-0.4, -0.2) is 16.2 Å². The van der Waals surface area contributed by atoms with E-state index in [0.717, 1.165) is 5.56 Å². The zero-order valence-corrected chi connectivity index (χ0v) is 11.6. The Kier molecular flexibility index (Phi) is 4.15. The van der Waals surface area contributed by atoms with Crippen molar-refractivity contribution >= 4 is 23.3 Å². The summed E-state index contributed by atoms with van der Waals surface area (Å²) in [6.45, 7) is 1.95. The van der Waals surface area contributed by atoms with Gasteiger partial charge >= 0.3 is 5.97 Å². The molecule has 20 heavy (non-hydrogen) atoms. The van der Waals surface area contributed by atoms with E-state index in [1.807, 2.05) is 6.92 Å². The van der Waals surface area contributed by atoms with Crippen molar-refractivity contribution in [2.45, 2.75) is 13.0 Å². The standard InChI is InChI=1S/C15H14ClNO3/c1-9(10-2-5-12(18)6-3-10)17-11-4-7-14(16)13(8-11)15(19)20/h2-9,17-18H,1H3,(H,19,20). The second-order valence-corrected chi connectivity index (χ2v) is 4.86. The number of carbonyl (C=O) groups is 1. The first-order valence-corrected chi connectivity index (χ1v) is 6.43. The van der Waals surface area contributed by atoms with Crippen LogP contribution in [-0.2, 0) is 0 Å². The Hall–Kier alpha value is -2.20. The number of halogens is 1. The highest BCUT2D eigenvalue weighted by atomic mass is 35.5. The maximum Gasteiger partial charge on any atom is 0.337 e. The van der Waals surface area contributed by atoms with Crippen LogP contribution in [0.15, 0.2) is 42.5 Å². The second kappa shape index (κ2) is 5.84. The van der Waals surface area contributed by atoms with Crippen molar-refractivity contribution in [2.75, 3.05) is 5.32 Å². The molecule has 0 fully saturated rings. The lowest BCUT2D eigenvalue weighted by atomic mass is 10.1. The fourth-order valence-corrected chi connectivity index (χ4v) is 2.07. The van der Waals surface area contributed by atoms with Crippen molar-refractivity contribution in [1.29, 1.82) is 0 Å². The summed E-state index contributed by atoms with van der Waals surface area (Å²) in [5.74, 6) is -0.850. The molecule has 104 valence electrons. The molecule has 2 aromatic rings. The summed E-state index contributed by atoms with van der Waals surface area (Å²) in [5, 5.41) is 21.7. The molecular formula is C15H14ClNO3. The number of phenolic OH excluding ortho intramolecular Hbond substituents is 1. The molecule has 2 aromatic carbocycles. The Bertz CT molecular complexity index is 626. The smallest absolute Gasteiger partial charge is 0.337 e. The average Bonchev–Trinajstić information content (AvgIpc) is 2.41. The first-order valence-electron chi connectivity index (χ1n) is 6.05. The van der Waals surface area contributed by atoms with Gasteiger partial charge in [0.2, 0.25) is 0 Å². The van der Waals surface area contributed by atoms with Crippen LogP contribution in [0.1, 0.15) is 28.9 Å². The molecule has 0 aromatic heterocycles. The summed E-state index contributed by atoms with van der Waals surface area (Å²) in [4.78, 5) is 11.0. The number of carboxylic acids is 1. The van der Waals surface area contributed by atoms with Gasteiger partial charge in [-0.3, -0.25) is 0 Å². The van der Waals surface area contributed by atoms with Gasteiger partial charge in [-0.2, -0.15) is 0 Å². The maximum absolute atomic E-state index is 11.0. The predicted octanol–water partition coefficient (Wildman–Crippen LogP) is 3.92. The molecule has 0 radical (unpaired) electrons. The maximum atomic E-state index is 11.0. The molecule has 0 amide bonds. The highest BCUT2D eigenvalue weighted by Crippen LogP contribution is 2.25. The van der Waals surface area contributed by atoms with Crippen molar-refractivity contribution in [3.63, 3.8) is 0 Å². The molecule has 2 rings (SSSR count). The second-order valence-electron chi connectivity index (χ2n) is 4.46. The van der Waals surface area contributed by atoms with Gasteiger partial charge in [0, 0.05) is 11.7 Å². The van der Waals surface area contributed by atoms with Crippen LogP contribution in [0.2, 0.25) is 5.02 Å². The monoisotopic (exact) mass is 291 g/mol. The summed E-state index contributed by atoms with van der Waals surface area (Å²) in [5.41, 5.74) is 1.72. The summed E-state index contributed by atoms with van der Waals surface area (Å²) in [6.07, 6.45) is 0. The Morgan fingerprint density at radius 1 is 1.20 bits per heavy atom. The van der Waals surface area contributed by atoms with E-state index in [4.69, 9.17) is 16.7 Å². The van der Waals surface area contributed by atoms with Gasteiger partial charge in [0.1, 0.15) is 5.75 Å². The molecule has 4 nitrogen and oxygen atoms in total. The van der Waals surface area contributed by atoms with Gasteiger partial charge in [-0.1, -0.05) is 23.7 Å². The molecule has 0 aliphatic heterocycles. The minimum Gasteiger partial charge on any atom is -0.508 e. The summed E-state index contributed by atoms with van der Waals surface area (Å²) in [6, 6.07) is 11.6. The molecule has 5 heteroatoms. The number of hydrogen-bond donors (Lipinski definition) is 3. The van der Waals surface area contributed by atoms with E-state index in [0.29, 0.717) is 5.69 Å². The molecule has 0 saturated heterocycles. The molecule has 0 spiro atoms. The van der Waals surface area contributed by atoms with Crippen LogP contribution in [0.25, 0.3) is 0 Å². The van der Waals surface area contributed by atoms with E-state index < -0.39 is 5.97 Å². The lowest BCUT2D eigenvalue weighted by Gasteiger charge is -2.16. The number of benzene rings is 2. The number of anilines is 1. The largest absolute Gasteiger partial charge is 0.508 e. The Labute approximate surface area is 121 Å². The predicted molar refractivity (Wildman–Crippen MR) is 78.6 cm³/mol. The minimum absolute atomic E-state index is 0.0292. The Morgan fingerprint density at radius 3 is 2.45 bits per heavy atom. The first-order chi connectivity index (χ1) is 9.47. The third kappa shape index (κ3) is 3.22. The molecule has 0 aliphatic rings. The number of aromatic carboxylic acids is 1. The molecule has 0 bridgehead atoms. The van der Waals surface area contributed by atoms with E-state index in [-0.39, 0.29) is 22.4 Å². The lowest BCUT2D eigenvalue weighted by molar-refractivity contribution is 0.0697. The Morgan fingerprint density at radius 2 is 1.85 bits per heavy atom. The van der Waals surface area contributed by atoms with Gasteiger partial charge in [-0.15, -0.1) is 0 Å². The third-order valence-electron chi connectivity index (χ3n) is 2.97. The van der Waals surface area contributed by atoms with Crippen molar-refractivity contribution in [3.05, 3.63) is 58.6 Å². The van der Waals surface area contributed by atoms with Crippen LogP contribution in [0.5, 0.6) is 5.75 Å². The number of phenols is 1. The van der Waals surface area contributed by atoms with Crippen LogP contribution < -0.4 is 5.32 Å². The number of hydrogen-bond acceptors (Lipinski definition) is 3. The van der Waals surface area contributed by atoms with Gasteiger partial charge < -0.3 is 15.5 Å². The third-order valence-corrected chi connectivity index (χ3v) is 3.30. The molecular weight excluding hydrogens is 278 g/mol. The van der Waals surface area contributed by atoms with Crippen molar-refractivity contribution in [2.24, 2.45) is 0 Å². The van der Waals surface area contributed by atoms with E-state index >= 15 is 0 Å². The highest BCUT2D eigenvalue weighted by Gasteiger charge is 2.11. The molecule has 0 saturated carbocycles. The van der Waals surface area contributed by atoms with Gasteiger partial charge in [0.25, 0.3) is 0 Å². The van der Waals surface area contributed by atoms with Gasteiger partial charge in [0.15, 0.2) is 0 Å². The zero-order chi connectivity index (χ0) is 14.7. The van der Waals surface area contributed by atoms with Crippen molar-refractivity contribution in [1.82, 2.24) is 0 Å². The number of carboxylic acid groups (broad SMARTS) is 1. The summed E-state index contributed by atoms with van der Waals surface area (Å²) < 4.78 is 0. The summed E-state index contributed by atoms with van der Waals surface area (Å²) >= 11 is 5.83. The van der Waals surface area contributed by atoms with Crippen molar-refractivity contribution in [3.8, 4) is 5.75 Å². The normalized spacial score (nSPS) is 11.9.